The van der Waals surface area contributed by atoms with E-state index in [1.807, 2.05) is 12.1 Å². The molecule has 0 saturated heterocycles. The number of ether oxygens (including phenoxy) is 4. The zero-order valence-corrected chi connectivity index (χ0v) is 14.7. The molecule has 0 radical (unpaired) electrons. The Bertz CT molecular complexity index is 805. The first-order chi connectivity index (χ1) is 12.6. The van der Waals surface area contributed by atoms with Crippen molar-refractivity contribution in [3.63, 3.8) is 0 Å². The molecular formula is C19H21NO6. The predicted molar refractivity (Wildman–Crippen MR) is 89.9 cm³/mol. The monoisotopic (exact) mass is 359 g/mol. The van der Waals surface area contributed by atoms with E-state index in [1.165, 1.54) is 6.92 Å². The molecule has 0 unspecified atom stereocenters. The number of hydrogen-bond acceptors (Lipinski definition) is 7. The van der Waals surface area contributed by atoms with Crippen LogP contribution >= 0.6 is 0 Å². The second kappa shape index (κ2) is 5.70. The second-order valence-electron chi connectivity index (χ2n) is 7.23. The Morgan fingerprint density at radius 1 is 1.27 bits per heavy atom. The zero-order valence-electron chi connectivity index (χ0n) is 14.7. The minimum absolute atomic E-state index is 0.00591. The highest BCUT2D eigenvalue weighted by molar-refractivity contribution is 5.67. The third-order valence-corrected chi connectivity index (χ3v) is 5.91. The van der Waals surface area contributed by atoms with Crippen LogP contribution in [0.1, 0.15) is 24.0 Å². The Kier molecular flexibility index (Phi) is 3.53. The summed E-state index contributed by atoms with van der Waals surface area (Å²) >= 11 is 0. The molecule has 1 saturated carbocycles. The van der Waals surface area contributed by atoms with Gasteiger partial charge in [-0.15, -0.1) is 0 Å². The van der Waals surface area contributed by atoms with Gasteiger partial charge < -0.3 is 24.1 Å². The largest absolute Gasteiger partial charge is 0.459 e. The number of nitrogens with zero attached hydrogens (tertiary/aromatic N) is 1. The quantitative estimate of drug-likeness (QED) is 0.622. The van der Waals surface area contributed by atoms with Crippen LogP contribution in [0.4, 0.5) is 0 Å². The van der Waals surface area contributed by atoms with Gasteiger partial charge >= 0.3 is 5.97 Å². The van der Waals surface area contributed by atoms with E-state index in [9.17, 15) is 9.90 Å². The van der Waals surface area contributed by atoms with Gasteiger partial charge in [0.05, 0.1) is 0 Å². The van der Waals surface area contributed by atoms with E-state index in [1.54, 1.807) is 7.11 Å². The van der Waals surface area contributed by atoms with Crippen LogP contribution in [0, 0.1) is 0 Å². The van der Waals surface area contributed by atoms with Crippen LogP contribution in [0.25, 0.3) is 0 Å². The lowest BCUT2D eigenvalue weighted by Crippen LogP contribution is -2.59. The summed E-state index contributed by atoms with van der Waals surface area (Å²) in [6.07, 6.45) is 0.105. The minimum Gasteiger partial charge on any atom is -0.459 e. The van der Waals surface area contributed by atoms with Gasteiger partial charge in [0.25, 0.3) is 0 Å². The molecule has 5 rings (SSSR count). The molecule has 138 valence electrons. The third kappa shape index (κ3) is 2.14. The van der Waals surface area contributed by atoms with Gasteiger partial charge in [0.15, 0.2) is 11.5 Å². The lowest BCUT2D eigenvalue weighted by molar-refractivity contribution is -0.168. The number of methoxy groups -OCH3 is 1. The molecule has 26 heavy (non-hydrogen) atoms. The maximum Gasteiger partial charge on any atom is 0.303 e. The SMILES string of the molecule is CO[C@@H]1[C@@H](OC(C)=O)[C@H]2c3cc4c(cc3CN3CC=C([C@H]1O)[C@H]23)OCO4. The van der Waals surface area contributed by atoms with Crippen LogP contribution in [-0.2, 0) is 20.8 Å². The Balaban J connectivity index is 1.67. The summed E-state index contributed by atoms with van der Waals surface area (Å²) in [5, 5.41) is 10.8. The summed E-state index contributed by atoms with van der Waals surface area (Å²) in [6, 6.07) is 4.01. The number of esters is 1. The van der Waals surface area contributed by atoms with Crippen molar-refractivity contribution in [3.05, 3.63) is 34.9 Å². The maximum atomic E-state index is 11.8. The van der Waals surface area contributed by atoms with Crippen LogP contribution in [0.3, 0.4) is 0 Å². The predicted octanol–water partition coefficient (Wildman–Crippen LogP) is 0.944. The highest BCUT2D eigenvalue weighted by atomic mass is 16.7. The van der Waals surface area contributed by atoms with Gasteiger partial charge in [-0.2, -0.15) is 0 Å². The van der Waals surface area contributed by atoms with Crippen LogP contribution in [-0.4, -0.2) is 60.8 Å². The van der Waals surface area contributed by atoms with Gasteiger partial charge in [0.2, 0.25) is 6.79 Å². The molecule has 0 amide bonds. The van der Waals surface area contributed by atoms with Crippen LogP contribution in [0.15, 0.2) is 23.8 Å². The summed E-state index contributed by atoms with van der Waals surface area (Å²) in [4.78, 5) is 14.1. The van der Waals surface area contributed by atoms with Crippen molar-refractivity contribution in [2.45, 2.75) is 43.7 Å². The molecule has 1 aromatic carbocycles. The van der Waals surface area contributed by atoms with Gasteiger partial charge in [-0.1, -0.05) is 6.08 Å². The minimum atomic E-state index is -0.786. The Morgan fingerprint density at radius 3 is 2.77 bits per heavy atom. The number of aliphatic hydroxyl groups excluding tert-OH is 1. The topological polar surface area (TPSA) is 77.5 Å². The molecule has 5 atom stereocenters. The van der Waals surface area contributed by atoms with Gasteiger partial charge in [0.1, 0.15) is 18.3 Å². The smallest absolute Gasteiger partial charge is 0.303 e. The number of carbonyl (C=O) groups is 1. The third-order valence-electron chi connectivity index (χ3n) is 5.91. The molecule has 3 aliphatic heterocycles. The zero-order chi connectivity index (χ0) is 18.0. The molecule has 7 nitrogen and oxygen atoms in total. The number of fused-ring (bicyclic) bond motifs is 3. The number of benzene rings is 1. The van der Waals surface area contributed by atoms with Gasteiger partial charge in [-0.05, 0) is 28.8 Å². The van der Waals surface area contributed by atoms with Crippen molar-refractivity contribution >= 4 is 5.97 Å². The number of rotatable bonds is 2. The summed E-state index contributed by atoms with van der Waals surface area (Å²) in [7, 11) is 1.54. The van der Waals surface area contributed by atoms with E-state index >= 15 is 0 Å². The van der Waals surface area contributed by atoms with E-state index in [2.05, 4.69) is 11.0 Å². The first-order valence-electron chi connectivity index (χ1n) is 8.83. The van der Waals surface area contributed by atoms with Crippen molar-refractivity contribution in [3.8, 4) is 11.5 Å². The van der Waals surface area contributed by atoms with Crippen LogP contribution in [0.5, 0.6) is 11.5 Å². The highest BCUT2D eigenvalue weighted by Gasteiger charge is 2.55. The normalized spacial score (nSPS) is 34.1. The molecule has 0 bridgehead atoms. The van der Waals surface area contributed by atoms with Crippen LogP contribution in [0.2, 0.25) is 0 Å². The fourth-order valence-corrected chi connectivity index (χ4v) is 4.92. The Morgan fingerprint density at radius 2 is 2.04 bits per heavy atom. The summed E-state index contributed by atoms with van der Waals surface area (Å²) in [5.41, 5.74) is 3.16. The molecule has 0 spiro atoms. The summed E-state index contributed by atoms with van der Waals surface area (Å²) in [5.74, 6) is 0.952. The number of carbonyl (C=O) groups excluding carboxylic acids is 1. The first kappa shape index (κ1) is 16.1. The van der Waals surface area contributed by atoms with Crippen molar-refractivity contribution in [2.75, 3.05) is 20.4 Å². The number of hydrogen-bond donors (Lipinski definition) is 1. The fourth-order valence-electron chi connectivity index (χ4n) is 4.92. The van der Waals surface area contributed by atoms with Gasteiger partial charge in [-0.25, -0.2) is 0 Å². The first-order valence-corrected chi connectivity index (χ1v) is 8.83. The molecule has 0 aromatic heterocycles. The maximum absolute atomic E-state index is 11.8. The Labute approximate surface area is 151 Å². The highest BCUT2D eigenvalue weighted by Crippen LogP contribution is 2.51. The van der Waals surface area contributed by atoms with Gasteiger partial charge in [0, 0.05) is 39.1 Å². The van der Waals surface area contributed by atoms with Crippen LogP contribution < -0.4 is 9.47 Å². The van der Waals surface area contributed by atoms with Crippen molar-refractivity contribution in [1.82, 2.24) is 4.90 Å². The molecule has 1 aromatic rings. The van der Waals surface area contributed by atoms with E-state index in [0.717, 1.165) is 35.5 Å². The van der Waals surface area contributed by atoms with Crippen molar-refractivity contribution in [1.29, 1.82) is 0 Å². The second-order valence-corrected chi connectivity index (χ2v) is 7.23. The van der Waals surface area contributed by atoms with Crippen molar-refractivity contribution < 1.29 is 28.8 Å². The van der Waals surface area contributed by atoms with E-state index in [4.69, 9.17) is 18.9 Å². The number of aliphatic hydroxyl groups is 1. The molecule has 1 N–H and O–H groups in total. The fraction of sp³-hybridized carbons (Fsp3) is 0.526. The van der Waals surface area contributed by atoms with Gasteiger partial charge in [-0.3, -0.25) is 9.69 Å². The van der Waals surface area contributed by atoms with E-state index in [-0.39, 0.29) is 24.7 Å². The standard InChI is InChI=1S/C19H21NO6/c1-9(21)26-18-15-12-6-14-13(24-8-25-14)5-10(12)7-20-4-3-11(16(15)20)17(22)19(18)23-2/h3,5-6,15-19,22H,4,7-8H2,1-2H3/t15-,16+,17+,18-,19-/m0/s1. The summed E-state index contributed by atoms with van der Waals surface area (Å²) in [6.45, 7) is 3.11. The van der Waals surface area contributed by atoms with E-state index in [0.29, 0.717) is 5.75 Å². The summed E-state index contributed by atoms with van der Waals surface area (Å²) < 4.78 is 22.4. The average Bonchev–Trinajstić information content (AvgIpc) is 3.23. The lowest BCUT2D eigenvalue weighted by atomic mass is 9.69. The molecule has 1 fully saturated rings. The molecule has 4 aliphatic rings. The average molecular weight is 359 g/mol. The molecule has 1 aliphatic carbocycles. The Hall–Kier alpha value is -2.09. The molecule has 7 heteroatoms. The van der Waals surface area contributed by atoms with E-state index < -0.39 is 18.3 Å². The molecule has 3 heterocycles. The van der Waals surface area contributed by atoms with Crippen molar-refractivity contribution in [2.24, 2.45) is 0 Å². The lowest BCUT2D eigenvalue weighted by Gasteiger charge is -2.49. The molecular weight excluding hydrogens is 338 g/mol.